The predicted molar refractivity (Wildman–Crippen MR) is 101 cm³/mol. The SMILES string of the molecule is COP1(c2ccccc2)(c2ccccc2)c2ccccc2N1C. The zero-order valence-corrected chi connectivity index (χ0v) is 14.3. The number of fused-ring (bicyclic) bond motifs is 1. The third-order valence-electron chi connectivity index (χ3n) is 5.08. The van der Waals surface area contributed by atoms with Gasteiger partial charge in [0, 0.05) is 0 Å². The monoisotopic (exact) mass is 321 g/mol. The van der Waals surface area contributed by atoms with Gasteiger partial charge in [-0.2, -0.15) is 0 Å². The van der Waals surface area contributed by atoms with E-state index in [0.717, 1.165) is 0 Å². The molecule has 3 aromatic rings. The van der Waals surface area contributed by atoms with Gasteiger partial charge < -0.3 is 0 Å². The number of hydrogen-bond acceptors (Lipinski definition) is 2. The molecule has 23 heavy (non-hydrogen) atoms. The molecule has 0 aliphatic carbocycles. The summed E-state index contributed by atoms with van der Waals surface area (Å²) in [6, 6.07) is 29.9. The first kappa shape index (κ1) is 14.4. The minimum absolute atomic E-state index is 1.24. The first-order valence-corrected chi connectivity index (χ1v) is 9.89. The van der Waals surface area contributed by atoms with Crippen molar-refractivity contribution in [1.29, 1.82) is 0 Å². The van der Waals surface area contributed by atoms with Crippen LogP contribution in [0.4, 0.5) is 5.69 Å². The van der Waals surface area contributed by atoms with E-state index in [0.29, 0.717) is 0 Å². The van der Waals surface area contributed by atoms with E-state index >= 15 is 0 Å². The molecular weight excluding hydrogens is 301 g/mol. The first-order chi connectivity index (χ1) is 11.2. The molecule has 4 rings (SSSR count). The second-order valence-corrected chi connectivity index (χ2v) is 10.3. The topological polar surface area (TPSA) is 12.5 Å². The molecule has 3 aromatic carbocycles. The van der Waals surface area contributed by atoms with E-state index in [9.17, 15) is 0 Å². The van der Waals surface area contributed by atoms with Crippen molar-refractivity contribution in [2.45, 2.75) is 0 Å². The molecule has 0 bridgehead atoms. The molecule has 0 aromatic heterocycles. The third kappa shape index (κ3) is 1.50. The standard InChI is InChI=1S/C20H20NOP/c1-21-19-15-9-10-16-20(19)23(21,22-2,17-11-5-3-6-12-17)18-13-7-4-8-14-18/h3-16H,1-2H3. The van der Waals surface area contributed by atoms with E-state index in [1.165, 1.54) is 21.6 Å². The molecule has 3 heteroatoms. The molecule has 1 heterocycles. The van der Waals surface area contributed by atoms with Crippen LogP contribution < -0.4 is 20.6 Å². The molecule has 0 fully saturated rings. The molecule has 0 unspecified atom stereocenters. The van der Waals surface area contributed by atoms with Crippen molar-refractivity contribution < 1.29 is 4.52 Å². The zero-order chi connectivity index (χ0) is 15.9. The molecular formula is C20H20NOP. The van der Waals surface area contributed by atoms with Crippen LogP contribution in [0, 0.1) is 0 Å². The summed E-state index contributed by atoms with van der Waals surface area (Å²) in [7, 11) is 4.01. The summed E-state index contributed by atoms with van der Waals surface area (Å²) >= 11 is 0. The minimum atomic E-state index is -3.01. The number of hydrogen-bond donors (Lipinski definition) is 0. The van der Waals surface area contributed by atoms with Crippen LogP contribution in [0.5, 0.6) is 0 Å². The van der Waals surface area contributed by atoms with Gasteiger partial charge in [0.2, 0.25) is 0 Å². The van der Waals surface area contributed by atoms with Crippen LogP contribution in [0.3, 0.4) is 0 Å². The summed E-state index contributed by atoms with van der Waals surface area (Å²) in [6.45, 7) is -3.01. The van der Waals surface area contributed by atoms with Crippen LogP contribution in [0.15, 0.2) is 84.9 Å². The van der Waals surface area contributed by atoms with E-state index < -0.39 is 6.98 Å². The van der Waals surface area contributed by atoms with Crippen molar-refractivity contribution >= 4 is 28.6 Å². The van der Waals surface area contributed by atoms with E-state index in [4.69, 9.17) is 4.52 Å². The molecule has 1 aliphatic heterocycles. The fraction of sp³-hybridized carbons (Fsp3) is 0.100. The summed E-state index contributed by atoms with van der Waals surface area (Å²) < 4.78 is 8.90. The molecule has 0 atom stereocenters. The Hall–Kier alpha value is -2.15. The Morgan fingerprint density at radius 1 is 0.696 bits per heavy atom. The average molecular weight is 321 g/mol. The van der Waals surface area contributed by atoms with Crippen LogP contribution in [0.2, 0.25) is 0 Å². The molecule has 1 aliphatic rings. The van der Waals surface area contributed by atoms with Gasteiger partial charge in [-0.25, -0.2) is 0 Å². The maximum atomic E-state index is 6.53. The number of nitrogens with zero attached hydrogens (tertiary/aromatic N) is 1. The van der Waals surface area contributed by atoms with Gasteiger partial charge in [-0.3, -0.25) is 0 Å². The van der Waals surface area contributed by atoms with Crippen molar-refractivity contribution in [2.24, 2.45) is 0 Å². The average Bonchev–Trinajstić information content (AvgIpc) is 2.65. The van der Waals surface area contributed by atoms with E-state index in [1.807, 2.05) is 7.11 Å². The Balaban J connectivity index is 2.16. The number of benzene rings is 3. The Bertz CT molecular complexity index is 808. The van der Waals surface area contributed by atoms with Crippen LogP contribution >= 0.6 is 6.98 Å². The van der Waals surface area contributed by atoms with Crippen LogP contribution in [-0.4, -0.2) is 14.2 Å². The summed E-state index contributed by atoms with van der Waals surface area (Å²) in [5.74, 6) is 0. The number of rotatable bonds is 3. The summed E-state index contributed by atoms with van der Waals surface area (Å²) in [5.41, 5.74) is 1.25. The van der Waals surface area contributed by atoms with Crippen molar-refractivity contribution in [2.75, 3.05) is 18.8 Å². The molecule has 0 radical (unpaired) electrons. The quantitative estimate of drug-likeness (QED) is 0.685. The van der Waals surface area contributed by atoms with Gasteiger partial charge in [0.1, 0.15) is 0 Å². The third-order valence-corrected chi connectivity index (χ3v) is 10.9. The maximum absolute atomic E-state index is 6.53. The zero-order valence-electron chi connectivity index (χ0n) is 13.4. The van der Waals surface area contributed by atoms with Gasteiger partial charge in [-0.05, 0) is 0 Å². The van der Waals surface area contributed by atoms with Crippen molar-refractivity contribution in [3.05, 3.63) is 84.9 Å². The number of anilines is 1. The van der Waals surface area contributed by atoms with Crippen LogP contribution in [-0.2, 0) is 4.52 Å². The summed E-state index contributed by atoms with van der Waals surface area (Å²) in [4.78, 5) is 0. The summed E-state index contributed by atoms with van der Waals surface area (Å²) in [5, 5.41) is 3.79. The van der Waals surface area contributed by atoms with E-state index in [2.05, 4.69) is 96.6 Å². The van der Waals surface area contributed by atoms with Gasteiger partial charge in [0.15, 0.2) is 0 Å². The Morgan fingerprint density at radius 3 is 1.70 bits per heavy atom. The molecule has 0 saturated heterocycles. The molecule has 0 saturated carbocycles. The van der Waals surface area contributed by atoms with Gasteiger partial charge in [-0.15, -0.1) is 0 Å². The molecule has 0 N–H and O–H groups in total. The molecule has 116 valence electrons. The molecule has 0 amide bonds. The Labute approximate surface area is 137 Å². The normalized spacial score (nSPS) is 19.0. The first-order valence-electron chi connectivity index (χ1n) is 7.78. The molecule has 2 nitrogen and oxygen atoms in total. The van der Waals surface area contributed by atoms with E-state index in [1.54, 1.807) is 0 Å². The fourth-order valence-electron chi connectivity index (χ4n) is 4.03. The second-order valence-electron chi connectivity index (χ2n) is 5.86. The molecule has 0 spiro atoms. The van der Waals surface area contributed by atoms with Gasteiger partial charge >= 0.3 is 137 Å². The van der Waals surface area contributed by atoms with Gasteiger partial charge in [0.25, 0.3) is 0 Å². The predicted octanol–water partition coefficient (Wildman–Crippen LogP) is 3.44. The van der Waals surface area contributed by atoms with Crippen molar-refractivity contribution in [3.8, 4) is 0 Å². The Morgan fingerprint density at radius 2 is 1.17 bits per heavy atom. The fourth-order valence-corrected chi connectivity index (χ4v) is 9.66. The van der Waals surface area contributed by atoms with Gasteiger partial charge in [0.05, 0.1) is 0 Å². The van der Waals surface area contributed by atoms with Gasteiger partial charge in [-0.1, -0.05) is 0 Å². The summed E-state index contributed by atoms with van der Waals surface area (Å²) in [6.07, 6.45) is 0. The van der Waals surface area contributed by atoms with Crippen LogP contribution in [0.25, 0.3) is 0 Å². The van der Waals surface area contributed by atoms with Crippen LogP contribution in [0.1, 0.15) is 0 Å². The van der Waals surface area contributed by atoms with E-state index in [-0.39, 0.29) is 0 Å². The van der Waals surface area contributed by atoms with Crippen molar-refractivity contribution in [1.82, 2.24) is 0 Å². The Kier molecular flexibility index (Phi) is 3.09. The number of para-hydroxylation sites is 1. The van der Waals surface area contributed by atoms with Crippen molar-refractivity contribution in [3.63, 3.8) is 0 Å². The second kappa shape index (κ2) is 4.92.